The molecule has 2 aliphatic rings. The van der Waals surface area contributed by atoms with Crippen molar-refractivity contribution in [2.24, 2.45) is 0 Å². The predicted molar refractivity (Wildman–Crippen MR) is 79.5 cm³/mol. The average molecular weight is 273 g/mol. The molecule has 1 saturated heterocycles. The molecule has 3 heteroatoms. The zero-order chi connectivity index (χ0) is 14.2. The Morgan fingerprint density at radius 2 is 2.10 bits per heavy atom. The highest BCUT2D eigenvalue weighted by Gasteiger charge is 2.40. The highest BCUT2D eigenvalue weighted by Crippen LogP contribution is 2.35. The number of ether oxygens (including phenoxy) is 1. The summed E-state index contributed by atoms with van der Waals surface area (Å²) in [6.45, 7) is 6.97. The van der Waals surface area contributed by atoms with E-state index in [4.69, 9.17) is 4.74 Å². The first-order valence-electron chi connectivity index (χ1n) is 7.71. The van der Waals surface area contributed by atoms with E-state index in [0.717, 1.165) is 37.2 Å². The molecule has 0 radical (unpaired) electrons. The van der Waals surface area contributed by atoms with Gasteiger partial charge in [0, 0.05) is 6.42 Å². The SMILES string of the molecule is CCC(C)(C(=O)c1cccc2c1OCC2)N1CCCC1. The minimum absolute atomic E-state index is 0.223. The molecular weight excluding hydrogens is 250 g/mol. The smallest absolute Gasteiger partial charge is 0.186 e. The lowest BCUT2D eigenvalue weighted by atomic mass is 9.86. The number of ketones is 1. The van der Waals surface area contributed by atoms with Gasteiger partial charge in [-0.05, 0) is 50.9 Å². The number of Topliss-reactive ketones (excluding diaryl/α,β-unsaturated/α-hetero) is 1. The Morgan fingerprint density at radius 1 is 1.35 bits per heavy atom. The van der Waals surface area contributed by atoms with Crippen molar-refractivity contribution in [3.05, 3.63) is 29.3 Å². The van der Waals surface area contributed by atoms with Gasteiger partial charge in [-0.25, -0.2) is 0 Å². The van der Waals surface area contributed by atoms with Gasteiger partial charge in [0.2, 0.25) is 0 Å². The summed E-state index contributed by atoms with van der Waals surface area (Å²) in [5.74, 6) is 1.05. The minimum Gasteiger partial charge on any atom is -0.492 e. The summed E-state index contributed by atoms with van der Waals surface area (Å²) in [6, 6.07) is 5.98. The van der Waals surface area contributed by atoms with E-state index in [0.29, 0.717) is 6.61 Å². The van der Waals surface area contributed by atoms with Gasteiger partial charge in [-0.2, -0.15) is 0 Å². The highest BCUT2D eigenvalue weighted by molar-refractivity contribution is 6.05. The molecule has 1 aromatic carbocycles. The summed E-state index contributed by atoms with van der Waals surface area (Å²) in [4.78, 5) is 15.5. The first kappa shape index (κ1) is 13.6. The highest BCUT2D eigenvalue weighted by atomic mass is 16.5. The normalized spacial score (nSPS) is 21.3. The molecule has 0 bridgehead atoms. The van der Waals surface area contributed by atoms with Crippen molar-refractivity contribution in [1.29, 1.82) is 0 Å². The van der Waals surface area contributed by atoms with E-state index in [1.807, 2.05) is 12.1 Å². The number of hydrogen-bond acceptors (Lipinski definition) is 3. The number of carbonyl (C=O) groups excluding carboxylic acids is 1. The van der Waals surface area contributed by atoms with Crippen molar-refractivity contribution in [1.82, 2.24) is 4.90 Å². The molecule has 3 nitrogen and oxygen atoms in total. The van der Waals surface area contributed by atoms with Crippen LogP contribution in [0.5, 0.6) is 5.75 Å². The molecule has 1 atom stereocenters. The number of para-hydroxylation sites is 1. The van der Waals surface area contributed by atoms with Crippen LogP contribution in [0.15, 0.2) is 18.2 Å². The third-order valence-corrected chi connectivity index (χ3v) is 4.94. The van der Waals surface area contributed by atoms with E-state index in [2.05, 4.69) is 24.8 Å². The van der Waals surface area contributed by atoms with E-state index >= 15 is 0 Å². The second-order valence-electron chi connectivity index (χ2n) is 6.04. The molecule has 0 N–H and O–H groups in total. The lowest BCUT2D eigenvalue weighted by Gasteiger charge is -2.37. The van der Waals surface area contributed by atoms with Gasteiger partial charge >= 0.3 is 0 Å². The summed E-state index contributed by atoms with van der Waals surface area (Å²) in [5.41, 5.74) is 1.56. The molecule has 1 aromatic rings. The first-order chi connectivity index (χ1) is 9.66. The molecule has 3 rings (SSSR count). The Hall–Kier alpha value is -1.35. The van der Waals surface area contributed by atoms with Crippen LogP contribution >= 0.6 is 0 Å². The molecule has 0 saturated carbocycles. The predicted octanol–water partition coefficient (Wildman–Crippen LogP) is 3.07. The third kappa shape index (κ3) is 2.05. The van der Waals surface area contributed by atoms with Crippen LogP contribution in [0, 0.1) is 0 Å². The van der Waals surface area contributed by atoms with Crippen LogP contribution in [0.3, 0.4) is 0 Å². The summed E-state index contributed by atoms with van der Waals surface area (Å²) < 4.78 is 5.71. The Bertz CT molecular complexity index is 520. The van der Waals surface area contributed by atoms with Gasteiger partial charge < -0.3 is 4.74 Å². The number of benzene rings is 1. The van der Waals surface area contributed by atoms with E-state index < -0.39 is 5.54 Å². The molecule has 0 aliphatic carbocycles. The van der Waals surface area contributed by atoms with Crippen molar-refractivity contribution in [3.8, 4) is 5.75 Å². The fourth-order valence-electron chi connectivity index (χ4n) is 3.42. The number of likely N-dealkylation sites (tertiary alicyclic amines) is 1. The maximum absolute atomic E-state index is 13.1. The van der Waals surface area contributed by atoms with Gasteiger partial charge in [0.1, 0.15) is 5.75 Å². The number of hydrogen-bond donors (Lipinski definition) is 0. The second kappa shape index (κ2) is 5.21. The van der Waals surface area contributed by atoms with Gasteiger partial charge in [-0.15, -0.1) is 0 Å². The molecule has 1 fully saturated rings. The van der Waals surface area contributed by atoms with Crippen LogP contribution < -0.4 is 4.74 Å². The fraction of sp³-hybridized carbons (Fsp3) is 0.588. The molecule has 2 aliphatic heterocycles. The van der Waals surface area contributed by atoms with Crippen molar-refractivity contribution < 1.29 is 9.53 Å². The van der Waals surface area contributed by atoms with E-state index in [9.17, 15) is 4.79 Å². The van der Waals surface area contributed by atoms with Crippen LogP contribution in [0.1, 0.15) is 49.0 Å². The van der Waals surface area contributed by atoms with Gasteiger partial charge in [0.25, 0.3) is 0 Å². The Kier molecular flexibility index (Phi) is 3.55. The van der Waals surface area contributed by atoms with Gasteiger partial charge in [0.05, 0.1) is 17.7 Å². The maximum Gasteiger partial charge on any atom is 0.186 e. The van der Waals surface area contributed by atoms with Gasteiger partial charge in [-0.1, -0.05) is 19.1 Å². The monoisotopic (exact) mass is 273 g/mol. The minimum atomic E-state index is -0.391. The summed E-state index contributed by atoms with van der Waals surface area (Å²) >= 11 is 0. The van der Waals surface area contributed by atoms with E-state index in [1.54, 1.807) is 0 Å². The largest absolute Gasteiger partial charge is 0.492 e. The van der Waals surface area contributed by atoms with Gasteiger partial charge in [-0.3, -0.25) is 9.69 Å². The molecule has 1 unspecified atom stereocenters. The van der Waals surface area contributed by atoms with Crippen LogP contribution in [0.4, 0.5) is 0 Å². The van der Waals surface area contributed by atoms with Crippen molar-refractivity contribution in [2.75, 3.05) is 19.7 Å². The summed E-state index contributed by atoms with van der Waals surface area (Å²) in [7, 11) is 0. The lowest BCUT2D eigenvalue weighted by molar-refractivity contribution is 0.0644. The zero-order valence-electron chi connectivity index (χ0n) is 12.4. The molecule has 2 heterocycles. The number of fused-ring (bicyclic) bond motifs is 1. The topological polar surface area (TPSA) is 29.5 Å². The van der Waals surface area contributed by atoms with E-state index in [-0.39, 0.29) is 5.78 Å². The molecule has 0 aromatic heterocycles. The molecule has 0 amide bonds. The van der Waals surface area contributed by atoms with Gasteiger partial charge in [0.15, 0.2) is 5.78 Å². The number of rotatable bonds is 4. The number of nitrogens with zero attached hydrogens (tertiary/aromatic N) is 1. The quantitative estimate of drug-likeness (QED) is 0.790. The van der Waals surface area contributed by atoms with Crippen molar-refractivity contribution >= 4 is 5.78 Å². The molecular formula is C17H23NO2. The second-order valence-corrected chi connectivity index (χ2v) is 6.04. The fourth-order valence-corrected chi connectivity index (χ4v) is 3.42. The van der Waals surface area contributed by atoms with Crippen molar-refractivity contribution in [2.45, 2.75) is 45.1 Å². The van der Waals surface area contributed by atoms with Crippen LogP contribution in [-0.4, -0.2) is 35.9 Å². The lowest BCUT2D eigenvalue weighted by Crippen LogP contribution is -2.50. The van der Waals surface area contributed by atoms with Crippen LogP contribution in [0.2, 0.25) is 0 Å². The van der Waals surface area contributed by atoms with E-state index in [1.165, 1.54) is 18.4 Å². The van der Waals surface area contributed by atoms with Crippen LogP contribution in [0.25, 0.3) is 0 Å². The molecule has 20 heavy (non-hydrogen) atoms. The maximum atomic E-state index is 13.1. The molecule has 0 spiro atoms. The Labute approximate surface area is 120 Å². The van der Waals surface area contributed by atoms with Crippen molar-refractivity contribution in [3.63, 3.8) is 0 Å². The third-order valence-electron chi connectivity index (χ3n) is 4.94. The van der Waals surface area contributed by atoms with Crippen LogP contribution in [-0.2, 0) is 6.42 Å². The zero-order valence-corrected chi connectivity index (χ0v) is 12.4. The summed E-state index contributed by atoms with van der Waals surface area (Å²) in [6.07, 6.45) is 4.16. The summed E-state index contributed by atoms with van der Waals surface area (Å²) in [5, 5.41) is 0. The number of carbonyl (C=O) groups is 1. The Balaban J connectivity index is 1.96. The standard InChI is InChI=1S/C17H23NO2/c1-3-17(2,18-10-4-5-11-18)16(19)14-8-6-7-13-9-12-20-15(13)14/h6-8H,3-5,9-12H2,1-2H3. The Morgan fingerprint density at radius 3 is 2.80 bits per heavy atom. The first-order valence-corrected chi connectivity index (χ1v) is 7.71. The average Bonchev–Trinajstić information content (AvgIpc) is 3.15. The molecule has 108 valence electrons.